The molecule has 0 atom stereocenters. The van der Waals surface area contributed by atoms with E-state index < -0.39 is 0 Å². The van der Waals surface area contributed by atoms with Gasteiger partial charge in [-0.1, -0.05) is 32.9 Å². The summed E-state index contributed by atoms with van der Waals surface area (Å²) in [6.45, 7) is 7.50. The molecule has 0 bridgehead atoms. The first kappa shape index (κ1) is 24.9. The maximum absolute atomic E-state index is 13.3. The van der Waals surface area contributed by atoms with Crippen molar-refractivity contribution < 1.29 is 19.0 Å². The van der Waals surface area contributed by atoms with Crippen molar-refractivity contribution in [2.24, 2.45) is 5.41 Å². The summed E-state index contributed by atoms with van der Waals surface area (Å²) in [5.74, 6) is 2.85. The van der Waals surface area contributed by atoms with Gasteiger partial charge in [0.1, 0.15) is 17.2 Å². The predicted octanol–water partition coefficient (Wildman–Crippen LogP) is 6.42. The van der Waals surface area contributed by atoms with Crippen LogP contribution in [0.15, 0.2) is 53.9 Å². The van der Waals surface area contributed by atoms with E-state index in [1.54, 1.807) is 25.6 Å². The number of nitrogens with zero attached hydrogens (tertiary/aromatic N) is 2. The largest absolute Gasteiger partial charge is 0.497 e. The lowest BCUT2D eigenvalue weighted by Gasteiger charge is -2.23. The first-order valence-corrected chi connectivity index (χ1v) is 13.1. The zero-order valence-corrected chi connectivity index (χ0v) is 22.6. The molecule has 1 aliphatic rings. The predicted molar refractivity (Wildman–Crippen MR) is 146 cm³/mol. The Balaban J connectivity index is 1.62. The molecule has 0 fully saturated rings. The maximum Gasteiger partial charge on any atom is 0.287 e. The summed E-state index contributed by atoms with van der Waals surface area (Å²) in [6, 6.07) is 15.5. The topological polar surface area (TPSA) is 74.6 Å². The number of rotatable bonds is 7. The van der Waals surface area contributed by atoms with Gasteiger partial charge in [-0.25, -0.2) is 4.98 Å². The minimum atomic E-state index is -0.163. The Morgan fingerprint density at radius 3 is 2.57 bits per heavy atom. The molecule has 0 aliphatic carbocycles. The van der Waals surface area contributed by atoms with E-state index in [1.165, 1.54) is 0 Å². The average molecular weight is 518 g/mol. The van der Waals surface area contributed by atoms with Gasteiger partial charge < -0.3 is 24.1 Å². The Hall–Kier alpha value is -3.78. The first-order chi connectivity index (χ1) is 17.8. The molecule has 7 nitrogen and oxygen atoms in total. The number of nitrogens with one attached hydrogen (secondary N) is 1. The van der Waals surface area contributed by atoms with Crippen LogP contribution in [0.2, 0.25) is 0 Å². The molecule has 0 saturated carbocycles. The monoisotopic (exact) mass is 517 g/mol. The summed E-state index contributed by atoms with van der Waals surface area (Å²) < 4.78 is 19.4. The van der Waals surface area contributed by atoms with Crippen LogP contribution in [0.4, 0.5) is 0 Å². The minimum absolute atomic E-state index is 0.0287. The summed E-state index contributed by atoms with van der Waals surface area (Å²) in [4.78, 5) is 19.2. The fraction of sp³-hybridized carbons (Fsp3) is 0.310. The standard InChI is InChI=1S/C29H31N3O4S/c1-29(2,3)17-30-28(33)27-31-25(24-10-7-13-37-24)26-21-16-23(36-20-9-6-8-19(15-20)34-4)22(35-5)14-18(21)11-12-32(26)27/h6-10,13-16H,11-12,17H2,1-5H3,(H,30,33). The molecule has 2 aromatic carbocycles. The van der Waals surface area contributed by atoms with Gasteiger partial charge in [0.05, 0.1) is 24.8 Å². The number of hydrogen-bond donors (Lipinski definition) is 1. The third-order valence-corrected chi connectivity index (χ3v) is 7.10. The number of thiophene rings is 1. The summed E-state index contributed by atoms with van der Waals surface area (Å²) in [7, 11) is 3.27. The second kappa shape index (κ2) is 9.94. The molecule has 1 aliphatic heterocycles. The maximum atomic E-state index is 13.3. The van der Waals surface area contributed by atoms with Crippen molar-refractivity contribution in [1.29, 1.82) is 0 Å². The lowest BCUT2D eigenvalue weighted by atomic mass is 9.95. The number of benzene rings is 2. The van der Waals surface area contributed by atoms with E-state index in [0.717, 1.165) is 33.8 Å². The summed E-state index contributed by atoms with van der Waals surface area (Å²) >= 11 is 1.61. The van der Waals surface area contributed by atoms with Gasteiger partial charge in [0.2, 0.25) is 0 Å². The highest BCUT2D eigenvalue weighted by atomic mass is 32.1. The van der Waals surface area contributed by atoms with Crippen molar-refractivity contribution in [2.75, 3.05) is 20.8 Å². The molecular weight excluding hydrogens is 486 g/mol. The number of fused-ring (bicyclic) bond motifs is 3. The molecular formula is C29H31N3O4S. The molecule has 8 heteroatoms. The van der Waals surface area contributed by atoms with Gasteiger partial charge in [0.25, 0.3) is 5.91 Å². The number of imidazole rings is 1. The number of ether oxygens (including phenoxy) is 3. The Kier molecular flexibility index (Phi) is 6.69. The number of carbonyl (C=O) groups is 1. The minimum Gasteiger partial charge on any atom is -0.497 e. The van der Waals surface area contributed by atoms with E-state index in [2.05, 4.69) is 26.1 Å². The van der Waals surface area contributed by atoms with Crippen LogP contribution in [0.25, 0.3) is 21.8 Å². The van der Waals surface area contributed by atoms with Crippen molar-refractivity contribution in [2.45, 2.75) is 33.7 Å². The molecule has 0 spiro atoms. The smallest absolute Gasteiger partial charge is 0.287 e. The van der Waals surface area contributed by atoms with Gasteiger partial charge in [0, 0.05) is 24.7 Å². The van der Waals surface area contributed by atoms with Gasteiger partial charge in [-0.3, -0.25) is 4.79 Å². The first-order valence-electron chi connectivity index (χ1n) is 12.2. The molecule has 4 aromatic rings. The lowest BCUT2D eigenvalue weighted by molar-refractivity contribution is 0.0924. The number of aryl methyl sites for hydroxylation is 1. The Morgan fingerprint density at radius 1 is 1.05 bits per heavy atom. The number of carbonyl (C=O) groups excluding carboxylic acids is 1. The van der Waals surface area contributed by atoms with Gasteiger partial charge in [-0.2, -0.15) is 0 Å². The van der Waals surface area contributed by atoms with Gasteiger partial charge >= 0.3 is 0 Å². The molecule has 1 N–H and O–H groups in total. The van der Waals surface area contributed by atoms with Crippen LogP contribution in [0.5, 0.6) is 23.0 Å². The van der Waals surface area contributed by atoms with Crippen molar-refractivity contribution >= 4 is 17.2 Å². The Bertz CT molecular complexity index is 1430. The number of hydrogen-bond acceptors (Lipinski definition) is 6. The fourth-order valence-corrected chi connectivity index (χ4v) is 5.13. The molecule has 5 rings (SSSR count). The van der Waals surface area contributed by atoms with Gasteiger partial charge in [0.15, 0.2) is 17.3 Å². The highest BCUT2D eigenvalue weighted by Crippen LogP contribution is 2.45. The van der Waals surface area contributed by atoms with E-state index in [1.807, 2.05) is 58.5 Å². The number of aromatic nitrogens is 2. The van der Waals surface area contributed by atoms with Crippen molar-refractivity contribution in [3.63, 3.8) is 0 Å². The van der Waals surface area contributed by atoms with Crippen LogP contribution in [0.3, 0.4) is 0 Å². The van der Waals surface area contributed by atoms with E-state index in [9.17, 15) is 4.79 Å². The Morgan fingerprint density at radius 2 is 1.86 bits per heavy atom. The zero-order chi connectivity index (χ0) is 26.2. The highest BCUT2D eigenvalue weighted by molar-refractivity contribution is 7.13. The van der Waals surface area contributed by atoms with Gasteiger partial charge in [-0.15, -0.1) is 11.3 Å². The molecule has 0 unspecified atom stereocenters. The van der Waals surface area contributed by atoms with E-state index in [4.69, 9.17) is 19.2 Å². The third-order valence-electron chi connectivity index (χ3n) is 6.22. The molecule has 0 radical (unpaired) electrons. The second-order valence-electron chi connectivity index (χ2n) is 10.2. The number of amides is 1. The SMILES string of the molecule is COc1cccc(Oc2cc3c(cc2OC)CCn2c(C(=O)NCC(C)(C)C)nc(-c4cccs4)c2-3)c1. The van der Waals surface area contributed by atoms with E-state index >= 15 is 0 Å². The van der Waals surface area contributed by atoms with E-state index in [-0.39, 0.29) is 11.3 Å². The molecule has 2 aromatic heterocycles. The van der Waals surface area contributed by atoms with Crippen LogP contribution in [-0.4, -0.2) is 36.2 Å². The molecule has 37 heavy (non-hydrogen) atoms. The fourth-order valence-electron chi connectivity index (χ4n) is 4.42. The quantitative estimate of drug-likeness (QED) is 0.306. The van der Waals surface area contributed by atoms with Crippen LogP contribution < -0.4 is 19.5 Å². The summed E-state index contributed by atoms with van der Waals surface area (Å²) in [5, 5.41) is 5.09. The van der Waals surface area contributed by atoms with Crippen LogP contribution in [-0.2, 0) is 13.0 Å². The zero-order valence-electron chi connectivity index (χ0n) is 21.8. The van der Waals surface area contributed by atoms with Crippen LogP contribution in [0.1, 0.15) is 37.0 Å². The summed E-state index contributed by atoms with van der Waals surface area (Å²) in [6.07, 6.45) is 0.748. The van der Waals surface area contributed by atoms with E-state index in [0.29, 0.717) is 41.9 Å². The normalized spacial score (nSPS) is 12.5. The van der Waals surface area contributed by atoms with Crippen molar-refractivity contribution in [3.05, 3.63) is 65.3 Å². The molecule has 1 amide bonds. The highest BCUT2D eigenvalue weighted by Gasteiger charge is 2.30. The Labute approximate surface area is 221 Å². The average Bonchev–Trinajstić information content (AvgIpc) is 3.55. The number of methoxy groups -OCH3 is 2. The molecule has 192 valence electrons. The van der Waals surface area contributed by atoms with Crippen LogP contribution in [0, 0.1) is 5.41 Å². The second-order valence-corrected chi connectivity index (χ2v) is 11.1. The molecule has 3 heterocycles. The van der Waals surface area contributed by atoms with Gasteiger partial charge in [-0.05, 0) is 53.1 Å². The third kappa shape index (κ3) is 5.06. The lowest BCUT2D eigenvalue weighted by Crippen LogP contribution is -2.34. The molecule has 0 saturated heterocycles. The van der Waals surface area contributed by atoms with Crippen LogP contribution >= 0.6 is 11.3 Å². The summed E-state index contributed by atoms with van der Waals surface area (Å²) in [5.41, 5.74) is 3.80. The van der Waals surface area contributed by atoms with Crippen molar-refractivity contribution in [1.82, 2.24) is 14.9 Å². The van der Waals surface area contributed by atoms with Crippen molar-refractivity contribution in [3.8, 4) is 44.8 Å².